The van der Waals surface area contributed by atoms with Gasteiger partial charge in [-0.25, -0.2) is 0 Å². The number of halogens is 1. The monoisotopic (exact) mass is 278 g/mol. The molecule has 0 radical (unpaired) electrons. The molecular formula is C15H19ClN2O. The standard InChI is InChI=1S/C15H19ClN2O/c1-18(14-8-10-17-11-9-14)15(19)7-4-12-2-5-13(16)6-3-12/h2-7,14,17H,8-11H2,1H3/b7-4+. The van der Waals surface area contributed by atoms with Gasteiger partial charge >= 0.3 is 0 Å². The molecule has 0 atom stereocenters. The molecule has 4 heteroatoms. The van der Waals surface area contributed by atoms with Gasteiger partial charge in [0.05, 0.1) is 0 Å². The van der Waals surface area contributed by atoms with Crippen LogP contribution < -0.4 is 5.32 Å². The number of carbonyl (C=O) groups excluding carboxylic acids is 1. The van der Waals surface area contributed by atoms with Gasteiger partial charge in [0.1, 0.15) is 0 Å². The van der Waals surface area contributed by atoms with Crippen LogP contribution >= 0.6 is 11.6 Å². The van der Waals surface area contributed by atoms with E-state index in [0.29, 0.717) is 11.1 Å². The summed E-state index contributed by atoms with van der Waals surface area (Å²) in [6.07, 6.45) is 5.51. The largest absolute Gasteiger partial charge is 0.339 e. The van der Waals surface area contributed by atoms with Crippen LogP contribution in [0, 0.1) is 0 Å². The number of nitrogens with one attached hydrogen (secondary N) is 1. The molecule has 0 aromatic heterocycles. The lowest BCUT2D eigenvalue weighted by molar-refractivity contribution is -0.127. The van der Waals surface area contributed by atoms with Gasteiger partial charge in [-0.3, -0.25) is 4.79 Å². The number of hydrogen-bond donors (Lipinski definition) is 1. The molecule has 1 N–H and O–H groups in total. The summed E-state index contributed by atoms with van der Waals surface area (Å²) in [4.78, 5) is 13.9. The van der Waals surface area contributed by atoms with E-state index in [1.807, 2.05) is 42.3 Å². The van der Waals surface area contributed by atoms with Crippen molar-refractivity contribution < 1.29 is 4.79 Å². The number of hydrogen-bond acceptors (Lipinski definition) is 2. The van der Waals surface area contributed by atoms with Crippen molar-refractivity contribution in [3.8, 4) is 0 Å². The molecule has 1 amide bonds. The maximum Gasteiger partial charge on any atom is 0.246 e. The van der Waals surface area contributed by atoms with Crippen LogP contribution in [-0.4, -0.2) is 37.0 Å². The minimum atomic E-state index is 0.0573. The number of amides is 1. The third kappa shape index (κ3) is 4.08. The fourth-order valence-corrected chi connectivity index (χ4v) is 2.36. The molecule has 1 aliphatic rings. The number of benzene rings is 1. The topological polar surface area (TPSA) is 32.3 Å². The first-order valence-electron chi connectivity index (χ1n) is 6.58. The predicted octanol–water partition coefficient (Wildman–Crippen LogP) is 2.56. The van der Waals surface area contributed by atoms with Gasteiger partial charge in [0, 0.05) is 24.2 Å². The molecular weight excluding hydrogens is 260 g/mol. The Hall–Kier alpha value is -1.32. The fourth-order valence-electron chi connectivity index (χ4n) is 2.23. The van der Waals surface area contributed by atoms with E-state index in [2.05, 4.69) is 5.32 Å². The molecule has 0 saturated carbocycles. The molecule has 1 heterocycles. The van der Waals surface area contributed by atoms with Crippen LogP contribution in [-0.2, 0) is 4.79 Å². The van der Waals surface area contributed by atoms with E-state index < -0.39 is 0 Å². The average Bonchev–Trinajstić information content (AvgIpc) is 2.46. The van der Waals surface area contributed by atoms with Crippen LogP contribution in [0.5, 0.6) is 0 Å². The highest BCUT2D eigenvalue weighted by Gasteiger charge is 2.20. The van der Waals surface area contributed by atoms with Crippen molar-refractivity contribution in [3.05, 3.63) is 40.9 Å². The Morgan fingerprint density at radius 1 is 1.32 bits per heavy atom. The highest BCUT2D eigenvalue weighted by molar-refractivity contribution is 6.30. The Kier molecular flexibility index (Phi) is 5.00. The van der Waals surface area contributed by atoms with Crippen molar-refractivity contribution in [2.45, 2.75) is 18.9 Å². The summed E-state index contributed by atoms with van der Waals surface area (Å²) >= 11 is 5.82. The zero-order valence-electron chi connectivity index (χ0n) is 11.1. The van der Waals surface area contributed by atoms with E-state index in [0.717, 1.165) is 31.5 Å². The second-order valence-corrected chi connectivity index (χ2v) is 5.25. The maximum atomic E-state index is 12.1. The van der Waals surface area contributed by atoms with Crippen LogP contribution in [0.4, 0.5) is 0 Å². The van der Waals surface area contributed by atoms with E-state index in [9.17, 15) is 4.79 Å². The van der Waals surface area contributed by atoms with Crippen molar-refractivity contribution in [1.82, 2.24) is 10.2 Å². The number of carbonyl (C=O) groups is 1. The van der Waals surface area contributed by atoms with Crippen LogP contribution in [0.15, 0.2) is 30.3 Å². The van der Waals surface area contributed by atoms with E-state index in [-0.39, 0.29) is 5.91 Å². The third-order valence-electron chi connectivity index (χ3n) is 3.49. The molecule has 1 aromatic rings. The summed E-state index contributed by atoms with van der Waals surface area (Å²) < 4.78 is 0. The molecule has 1 aliphatic heterocycles. The molecule has 0 unspecified atom stereocenters. The zero-order chi connectivity index (χ0) is 13.7. The first kappa shape index (κ1) is 14.1. The molecule has 0 aliphatic carbocycles. The Bertz CT molecular complexity index is 450. The third-order valence-corrected chi connectivity index (χ3v) is 3.74. The highest BCUT2D eigenvalue weighted by Crippen LogP contribution is 2.13. The first-order valence-corrected chi connectivity index (χ1v) is 6.96. The van der Waals surface area contributed by atoms with Crippen molar-refractivity contribution >= 4 is 23.6 Å². The van der Waals surface area contributed by atoms with Gasteiger partial charge in [-0.2, -0.15) is 0 Å². The minimum absolute atomic E-state index is 0.0573. The molecule has 3 nitrogen and oxygen atoms in total. The van der Waals surface area contributed by atoms with Gasteiger partial charge in [0.2, 0.25) is 5.91 Å². The Morgan fingerprint density at radius 2 is 1.95 bits per heavy atom. The summed E-state index contributed by atoms with van der Waals surface area (Å²) in [6.45, 7) is 1.98. The van der Waals surface area contributed by atoms with Crippen molar-refractivity contribution in [2.75, 3.05) is 20.1 Å². The summed E-state index contributed by atoms with van der Waals surface area (Å²) in [5, 5.41) is 4.01. The normalized spacial score (nSPS) is 16.7. The van der Waals surface area contributed by atoms with E-state index >= 15 is 0 Å². The summed E-state index contributed by atoms with van der Waals surface area (Å²) in [7, 11) is 1.88. The quantitative estimate of drug-likeness (QED) is 0.862. The molecule has 2 rings (SSSR count). The Balaban J connectivity index is 1.93. The van der Waals surface area contributed by atoms with Crippen molar-refractivity contribution in [2.24, 2.45) is 0 Å². The van der Waals surface area contributed by atoms with E-state index in [1.165, 1.54) is 0 Å². The van der Waals surface area contributed by atoms with Gasteiger partial charge in [0.15, 0.2) is 0 Å². The lowest BCUT2D eigenvalue weighted by Gasteiger charge is -2.30. The molecule has 102 valence electrons. The number of nitrogens with zero attached hydrogens (tertiary/aromatic N) is 1. The lowest BCUT2D eigenvalue weighted by atomic mass is 10.1. The van der Waals surface area contributed by atoms with Crippen LogP contribution in [0.25, 0.3) is 6.08 Å². The summed E-state index contributed by atoms with van der Waals surface area (Å²) in [6, 6.07) is 7.79. The highest BCUT2D eigenvalue weighted by atomic mass is 35.5. The van der Waals surface area contributed by atoms with Crippen molar-refractivity contribution in [3.63, 3.8) is 0 Å². The maximum absolute atomic E-state index is 12.1. The fraction of sp³-hybridized carbons (Fsp3) is 0.400. The summed E-state index contributed by atoms with van der Waals surface area (Å²) in [5.74, 6) is 0.0573. The zero-order valence-corrected chi connectivity index (χ0v) is 11.9. The Morgan fingerprint density at radius 3 is 2.58 bits per heavy atom. The van der Waals surface area contributed by atoms with Gasteiger partial charge in [-0.1, -0.05) is 23.7 Å². The predicted molar refractivity (Wildman–Crippen MR) is 79.1 cm³/mol. The van der Waals surface area contributed by atoms with Crippen LogP contribution in [0.3, 0.4) is 0 Å². The second kappa shape index (κ2) is 6.73. The van der Waals surface area contributed by atoms with E-state index in [4.69, 9.17) is 11.6 Å². The molecule has 0 spiro atoms. The van der Waals surface area contributed by atoms with Crippen LogP contribution in [0.2, 0.25) is 5.02 Å². The minimum Gasteiger partial charge on any atom is -0.339 e. The molecule has 1 saturated heterocycles. The van der Waals surface area contributed by atoms with Crippen LogP contribution in [0.1, 0.15) is 18.4 Å². The molecule has 1 fully saturated rings. The SMILES string of the molecule is CN(C(=O)/C=C/c1ccc(Cl)cc1)C1CCNCC1. The van der Waals surface area contributed by atoms with E-state index in [1.54, 1.807) is 6.08 Å². The van der Waals surface area contributed by atoms with Gasteiger partial charge in [0.25, 0.3) is 0 Å². The lowest BCUT2D eigenvalue weighted by Crippen LogP contribution is -2.43. The number of rotatable bonds is 3. The molecule has 1 aromatic carbocycles. The number of piperidine rings is 1. The molecule has 0 bridgehead atoms. The Labute approximate surface area is 119 Å². The summed E-state index contributed by atoms with van der Waals surface area (Å²) in [5.41, 5.74) is 0.983. The smallest absolute Gasteiger partial charge is 0.246 e. The average molecular weight is 279 g/mol. The van der Waals surface area contributed by atoms with Gasteiger partial charge in [-0.05, 0) is 49.7 Å². The second-order valence-electron chi connectivity index (χ2n) is 4.82. The van der Waals surface area contributed by atoms with Crippen molar-refractivity contribution in [1.29, 1.82) is 0 Å². The van der Waals surface area contributed by atoms with Gasteiger partial charge in [-0.15, -0.1) is 0 Å². The molecule has 19 heavy (non-hydrogen) atoms. The number of likely N-dealkylation sites (N-methyl/N-ethyl adjacent to an activating group) is 1. The first-order chi connectivity index (χ1) is 9.16. The van der Waals surface area contributed by atoms with Gasteiger partial charge < -0.3 is 10.2 Å².